The molecule has 0 bridgehead atoms. The Labute approximate surface area is 176 Å². The number of thiazole rings is 1. The van der Waals surface area contributed by atoms with Crippen molar-refractivity contribution < 1.29 is 8.42 Å². The Morgan fingerprint density at radius 2 is 1.83 bits per heavy atom. The molecule has 1 N–H and O–H groups in total. The minimum Gasteiger partial charge on any atom is -0.319 e. The summed E-state index contributed by atoms with van der Waals surface area (Å²) in [4.78, 5) is 4.88. The Morgan fingerprint density at radius 3 is 2.62 bits per heavy atom. The molecule has 0 saturated carbocycles. The van der Waals surface area contributed by atoms with E-state index in [1.807, 2.05) is 55.6 Å². The maximum absolute atomic E-state index is 13.8. The molecule has 0 atom stereocenters. The highest BCUT2D eigenvalue weighted by Crippen LogP contribution is 2.35. The summed E-state index contributed by atoms with van der Waals surface area (Å²) < 4.78 is 31.5. The van der Waals surface area contributed by atoms with E-state index in [9.17, 15) is 8.42 Å². The van der Waals surface area contributed by atoms with E-state index in [2.05, 4.69) is 10.3 Å². The fourth-order valence-electron chi connectivity index (χ4n) is 3.66. The van der Waals surface area contributed by atoms with Gasteiger partial charge in [-0.1, -0.05) is 53.3 Å². The van der Waals surface area contributed by atoms with Crippen LogP contribution in [0.4, 0.5) is 0 Å². The summed E-state index contributed by atoms with van der Waals surface area (Å²) in [5, 5.41) is 4.01. The zero-order valence-electron chi connectivity index (χ0n) is 15.5. The van der Waals surface area contributed by atoms with E-state index < -0.39 is 10.0 Å². The number of fused-ring (bicyclic) bond motifs is 4. The lowest BCUT2D eigenvalue weighted by Gasteiger charge is -2.07. The minimum atomic E-state index is -3.97. The molecule has 2 aromatic carbocycles. The number of rotatable bonds is 5. The SMILES string of the molecule is CNCCc1cn(S(=O)(=O)c2c(Cl)nc3sc4ccccc4n23)c2ccccc12. The summed E-state index contributed by atoms with van der Waals surface area (Å²) in [7, 11) is -2.10. The van der Waals surface area contributed by atoms with E-state index in [1.54, 1.807) is 10.6 Å². The predicted molar refractivity (Wildman–Crippen MR) is 118 cm³/mol. The molecule has 3 aromatic heterocycles. The summed E-state index contributed by atoms with van der Waals surface area (Å²) in [6.45, 7) is 0.751. The van der Waals surface area contributed by atoms with Gasteiger partial charge in [-0.25, -0.2) is 8.96 Å². The van der Waals surface area contributed by atoms with Crippen LogP contribution >= 0.6 is 22.9 Å². The van der Waals surface area contributed by atoms with Crippen LogP contribution in [0.2, 0.25) is 5.15 Å². The van der Waals surface area contributed by atoms with Crippen LogP contribution in [0.25, 0.3) is 26.1 Å². The van der Waals surface area contributed by atoms with Crippen LogP contribution in [-0.2, 0) is 16.4 Å². The van der Waals surface area contributed by atoms with Gasteiger partial charge in [0.25, 0.3) is 10.0 Å². The molecule has 6 nitrogen and oxygen atoms in total. The smallest absolute Gasteiger partial charge is 0.287 e. The van der Waals surface area contributed by atoms with Gasteiger partial charge in [-0.3, -0.25) is 4.40 Å². The van der Waals surface area contributed by atoms with Crippen LogP contribution in [0, 0.1) is 0 Å². The lowest BCUT2D eigenvalue weighted by molar-refractivity contribution is 0.584. The molecule has 3 heterocycles. The van der Waals surface area contributed by atoms with E-state index in [0.717, 1.165) is 34.1 Å². The Kier molecular flexibility index (Phi) is 4.40. The number of imidazole rings is 1. The highest BCUT2D eigenvalue weighted by atomic mass is 35.5. The molecule has 5 rings (SSSR count). The van der Waals surface area contributed by atoms with Crippen molar-refractivity contribution in [2.45, 2.75) is 11.4 Å². The molecule has 5 aromatic rings. The van der Waals surface area contributed by atoms with Crippen molar-refractivity contribution in [2.24, 2.45) is 0 Å². The maximum atomic E-state index is 13.8. The summed E-state index contributed by atoms with van der Waals surface area (Å²) in [5.41, 5.74) is 2.37. The normalized spacial score (nSPS) is 12.5. The summed E-state index contributed by atoms with van der Waals surface area (Å²) in [6.07, 6.45) is 2.41. The van der Waals surface area contributed by atoms with Crippen molar-refractivity contribution in [1.82, 2.24) is 18.7 Å². The minimum absolute atomic E-state index is 0.00691. The first-order valence-corrected chi connectivity index (χ1v) is 11.7. The van der Waals surface area contributed by atoms with Gasteiger partial charge in [0.15, 0.2) is 10.1 Å². The zero-order valence-corrected chi connectivity index (χ0v) is 17.9. The molecule has 9 heteroatoms. The number of benzene rings is 2. The fourth-order valence-corrected chi connectivity index (χ4v) is 6.79. The van der Waals surface area contributed by atoms with E-state index in [0.29, 0.717) is 10.5 Å². The second kappa shape index (κ2) is 6.84. The van der Waals surface area contributed by atoms with Gasteiger partial charge in [0.2, 0.25) is 5.03 Å². The third-order valence-corrected chi connectivity index (χ3v) is 8.06. The number of hydrogen-bond acceptors (Lipinski definition) is 5. The average Bonchev–Trinajstić information content (AvgIpc) is 3.35. The first-order chi connectivity index (χ1) is 14.0. The summed E-state index contributed by atoms with van der Waals surface area (Å²) in [6, 6.07) is 15.1. The molecule has 148 valence electrons. The van der Waals surface area contributed by atoms with Gasteiger partial charge in [-0.2, -0.15) is 8.42 Å². The topological polar surface area (TPSA) is 68.4 Å². The van der Waals surface area contributed by atoms with Crippen LogP contribution < -0.4 is 5.32 Å². The van der Waals surface area contributed by atoms with Crippen LogP contribution in [0.5, 0.6) is 0 Å². The molecule has 29 heavy (non-hydrogen) atoms. The van der Waals surface area contributed by atoms with E-state index in [4.69, 9.17) is 11.6 Å². The molecule has 0 unspecified atom stereocenters. The number of hydrogen-bond donors (Lipinski definition) is 1. The number of para-hydroxylation sites is 2. The van der Waals surface area contributed by atoms with Crippen molar-refractivity contribution in [1.29, 1.82) is 0 Å². The first kappa shape index (κ1) is 18.6. The van der Waals surface area contributed by atoms with Gasteiger partial charge in [-0.05, 0) is 43.8 Å². The monoisotopic (exact) mass is 444 g/mol. The highest BCUT2D eigenvalue weighted by Gasteiger charge is 2.30. The summed E-state index contributed by atoms with van der Waals surface area (Å²) in [5.74, 6) is 0. The number of aromatic nitrogens is 3. The lowest BCUT2D eigenvalue weighted by Crippen LogP contribution is -2.15. The van der Waals surface area contributed by atoms with Crippen molar-refractivity contribution >= 4 is 59.0 Å². The van der Waals surface area contributed by atoms with Crippen molar-refractivity contribution in [3.05, 3.63) is 65.4 Å². The van der Waals surface area contributed by atoms with Gasteiger partial charge >= 0.3 is 0 Å². The fraction of sp³-hybridized carbons (Fsp3) is 0.150. The number of likely N-dealkylation sites (N-methyl/N-ethyl adjacent to an activating group) is 1. The van der Waals surface area contributed by atoms with E-state index in [1.165, 1.54) is 15.3 Å². The Morgan fingerprint density at radius 1 is 1.10 bits per heavy atom. The first-order valence-electron chi connectivity index (χ1n) is 9.07. The molecule has 0 amide bonds. The van der Waals surface area contributed by atoms with E-state index >= 15 is 0 Å². The largest absolute Gasteiger partial charge is 0.319 e. The van der Waals surface area contributed by atoms with Crippen LogP contribution in [0.1, 0.15) is 5.56 Å². The van der Waals surface area contributed by atoms with Gasteiger partial charge in [-0.15, -0.1) is 0 Å². The highest BCUT2D eigenvalue weighted by molar-refractivity contribution is 7.90. The lowest BCUT2D eigenvalue weighted by atomic mass is 10.1. The molecule has 0 aliphatic heterocycles. The maximum Gasteiger partial charge on any atom is 0.287 e. The van der Waals surface area contributed by atoms with Crippen LogP contribution in [-0.4, -0.2) is 35.4 Å². The van der Waals surface area contributed by atoms with Gasteiger partial charge in [0.05, 0.1) is 15.7 Å². The molecule has 0 aliphatic rings. The van der Waals surface area contributed by atoms with Gasteiger partial charge < -0.3 is 5.32 Å². The van der Waals surface area contributed by atoms with Crippen LogP contribution in [0.3, 0.4) is 0 Å². The summed E-state index contributed by atoms with van der Waals surface area (Å²) >= 11 is 7.77. The average molecular weight is 445 g/mol. The predicted octanol–water partition coefficient (Wildman–Crippen LogP) is 4.16. The molecular weight excluding hydrogens is 428 g/mol. The molecule has 0 radical (unpaired) electrons. The van der Waals surface area contributed by atoms with Crippen molar-refractivity contribution in [2.75, 3.05) is 13.6 Å². The number of nitrogens with zero attached hydrogens (tertiary/aromatic N) is 3. The Hall–Kier alpha value is -2.39. The van der Waals surface area contributed by atoms with Gasteiger partial charge in [0.1, 0.15) is 0 Å². The molecule has 0 fully saturated rings. The third-order valence-electron chi connectivity index (χ3n) is 4.98. The quantitative estimate of drug-likeness (QED) is 0.442. The zero-order chi connectivity index (χ0) is 20.2. The van der Waals surface area contributed by atoms with Crippen molar-refractivity contribution in [3.63, 3.8) is 0 Å². The number of halogens is 1. The molecular formula is C20H17ClN4O2S2. The Bertz CT molecular complexity index is 1480. The van der Waals surface area contributed by atoms with Crippen molar-refractivity contribution in [3.8, 4) is 0 Å². The molecule has 0 saturated heterocycles. The second-order valence-corrected chi connectivity index (χ2v) is 9.82. The third kappa shape index (κ3) is 2.78. The van der Waals surface area contributed by atoms with Crippen LogP contribution in [0.15, 0.2) is 59.8 Å². The standard InChI is InChI=1S/C20H17ClN4O2S2/c1-22-11-10-13-12-24(15-7-3-2-6-14(13)15)29(26,27)19-18(21)23-20-25(19)16-8-4-5-9-17(16)28-20/h2-9,12,22H,10-11H2,1H3. The van der Waals surface area contributed by atoms with E-state index in [-0.39, 0.29) is 10.2 Å². The second-order valence-electron chi connectivity index (χ2n) is 6.72. The molecule has 0 aliphatic carbocycles. The molecule has 0 spiro atoms. The van der Waals surface area contributed by atoms with Gasteiger partial charge in [0, 0.05) is 11.6 Å². The Balaban J connectivity index is 1.81. The number of nitrogens with one attached hydrogen (secondary N) is 1.